The average molecular weight is 607 g/mol. The van der Waals surface area contributed by atoms with Crippen molar-refractivity contribution in [3.8, 4) is 23.0 Å². The number of hydrogen-bond donors (Lipinski definition) is 1. The zero-order valence-electron chi connectivity index (χ0n) is 24.8. The van der Waals surface area contributed by atoms with Gasteiger partial charge in [0.15, 0.2) is 33.9 Å². The van der Waals surface area contributed by atoms with Crippen LogP contribution in [0.1, 0.15) is 66.7 Å². The SMILES string of the molecule is CCOc1cc(C2/C(=C(\O)c3ccc4c(c3)OCCO4)C(=O)C(=O)N2c2nc(C)c(C(C)=O)s2)ccc1OCCC(C)C. The summed E-state index contributed by atoms with van der Waals surface area (Å²) in [5.74, 6) is 0.0241. The number of aliphatic hydroxyl groups excluding tert-OH is 1. The first-order valence-corrected chi connectivity index (χ1v) is 15.0. The number of amides is 1. The highest BCUT2D eigenvalue weighted by atomic mass is 32.1. The largest absolute Gasteiger partial charge is 0.507 e. The van der Waals surface area contributed by atoms with Crippen molar-refractivity contribution in [1.82, 2.24) is 4.98 Å². The second-order valence-electron chi connectivity index (χ2n) is 10.7. The van der Waals surface area contributed by atoms with Gasteiger partial charge in [0.05, 0.1) is 35.4 Å². The first-order valence-electron chi connectivity index (χ1n) is 14.2. The number of aromatic nitrogens is 1. The molecule has 2 aliphatic heterocycles. The maximum atomic E-state index is 13.7. The molecule has 3 aromatic rings. The van der Waals surface area contributed by atoms with Crippen LogP contribution in [0.5, 0.6) is 23.0 Å². The number of ketones is 2. The molecule has 5 rings (SSSR count). The molecule has 3 heterocycles. The second-order valence-corrected chi connectivity index (χ2v) is 11.6. The Morgan fingerprint density at radius 3 is 2.51 bits per heavy atom. The summed E-state index contributed by atoms with van der Waals surface area (Å²) in [5, 5.41) is 11.8. The van der Waals surface area contributed by atoms with Crippen LogP contribution in [0.4, 0.5) is 5.13 Å². The van der Waals surface area contributed by atoms with Crippen LogP contribution in [0.2, 0.25) is 0 Å². The van der Waals surface area contributed by atoms with Crippen molar-refractivity contribution in [1.29, 1.82) is 0 Å². The van der Waals surface area contributed by atoms with Crippen LogP contribution in [0, 0.1) is 12.8 Å². The summed E-state index contributed by atoms with van der Waals surface area (Å²) in [6, 6.07) is 8.94. The van der Waals surface area contributed by atoms with Gasteiger partial charge in [-0.3, -0.25) is 19.3 Å². The number of aryl methyl sites for hydroxylation is 1. The van der Waals surface area contributed by atoms with E-state index < -0.39 is 17.7 Å². The Balaban J connectivity index is 1.66. The highest BCUT2D eigenvalue weighted by Crippen LogP contribution is 2.46. The topological polar surface area (TPSA) is 124 Å². The van der Waals surface area contributed by atoms with E-state index >= 15 is 0 Å². The van der Waals surface area contributed by atoms with E-state index in [2.05, 4.69) is 18.8 Å². The van der Waals surface area contributed by atoms with Gasteiger partial charge in [0.1, 0.15) is 19.0 Å². The maximum Gasteiger partial charge on any atom is 0.301 e. The van der Waals surface area contributed by atoms with E-state index in [0.29, 0.717) is 71.5 Å². The Labute approximate surface area is 253 Å². The molecule has 0 radical (unpaired) electrons. The van der Waals surface area contributed by atoms with Gasteiger partial charge in [-0.1, -0.05) is 31.3 Å². The highest BCUT2D eigenvalue weighted by Gasteiger charge is 2.48. The molecule has 0 bridgehead atoms. The molecule has 2 aliphatic rings. The number of fused-ring (bicyclic) bond motifs is 1. The fourth-order valence-corrected chi connectivity index (χ4v) is 5.98. The molecule has 0 aliphatic carbocycles. The molecule has 1 atom stereocenters. The summed E-state index contributed by atoms with van der Waals surface area (Å²) in [6.45, 7) is 10.8. The van der Waals surface area contributed by atoms with Gasteiger partial charge in [0.2, 0.25) is 0 Å². The molecule has 1 aromatic heterocycles. The number of rotatable bonds is 10. The number of benzene rings is 2. The summed E-state index contributed by atoms with van der Waals surface area (Å²) in [7, 11) is 0. The Kier molecular flexibility index (Phi) is 8.72. The summed E-state index contributed by atoms with van der Waals surface area (Å²) < 4.78 is 23.2. The lowest BCUT2D eigenvalue weighted by molar-refractivity contribution is -0.132. The number of thiazole rings is 1. The molecule has 1 N–H and O–H groups in total. The van der Waals surface area contributed by atoms with Crippen LogP contribution in [0.3, 0.4) is 0 Å². The predicted molar refractivity (Wildman–Crippen MR) is 162 cm³/mol. The van der Waals surface area contributed by atoms with E-state index in [-0.39, 0.29) is 27.8 Å². The van der Waals surface area contributed by atoms with Crippen LogP contribution in [-0.4, -0.2) is 54.0 Å². The van der Waals surface area contributed by atoms with Gasteiger partial charge in [-0.2, -0.15) is 0 Å². The standard InChI is InChI=1S/C32H34N2O8S/c1-6-39-24-15-20(7-9-22(24)40-12-11-17(2)3)27-26(28(36)21-8-10-23-25(16-21)42-14-13-41-23)29(37)31(38)34(27)32-33-18(4)30(43-32)19(5)35/h7-10,15-17,27,36H,6,11-14H2,1-5H3/b28-26+. The molecule has 226 valence electrons. The number of Topliss-reactive ketones (excluding diaryl/α,β-unsaturated/α-hetero) is 2. The Morgan fingerprint density at radius 2 is 1.84 bits per heavy atom. The summed E-state index contributed by atoms with van der Waals surface area (Å²) in [5.41, 5.74) is 1.10. The van der Waals surface area contributed by atoms with Crippen molar-refractivity contribution >= 4 is 39.7 Å². The lowest BCUT2D eigenvalue weighted by Gasteiger charge is -2.24. The van der Waals surface area contributed by atoms with Gasteiger partial charge in [0.25, 0.3) is 5.78 Å². The monoisotopic (exact) mass is 606 g/mol. The highest BCUT2D eigenvalue weighted by molar-refractivity contribution is 7.18. The molecule has 10 nitrogen and oxygen atoms in total. The molecule has 1 saturated heterocycles. The first kappa shape index (κ1) is 30.1. The van der Waals surface area contributed by atoms with E-state index in [1.54, 1.807) is 43.3 Å². The van der Waals surface area contributed by atoms with E-state index in [4.69, 9.17) is 18.9 Å². The Morgan fingerprint density at radius 1 is 1.09 bits per heavy atom. The minimum Gasteiger partial charge on any atom is -0.507 e. The van der Waals surface area contributed by atoms with Crippen molar-refractivity contribution in [2.75, 3.05) is 31.3 Å². The average Bonchev–Trinajstić information content (AvgIpc) is 3.49. The number of aliphatic hydroxyl groups is 1. The number of anilines is 1. The lowest BCUT2D eigenvalue weighted by atomic mass is 9.95. The summed E-state index contributed by atoms with van der Waals surface area (Å²) >= 11 is 1.02. The quantitative estimate of drug-likeness (QED) is 0.130. The molecule has 1 fully saturated rings. The molecule has 0 saturated carbocycles. The molecule has 0 spiro atoms. The third-order valence-electron chi connectivity index (χ3n) is 7.11. The molecule has 1 amide bonds. The maximum absolute atomic E-state index is 13.7. The van der Waals surface area contributed by atoms with Crippen molar-refractivity contribution in [3.63, 3.8) is 0 Å². The second kappa shape index (κ2) is 12.5. The van der Waals surface area contributed by atoms with Crippen molar-refractivity contribution in [3.05, 3.63) is 63.7 Å². The molecular weight excluding hydrogens is 572 g/mol. The van der Waals surface area contributed by atoms with E-state index in [9.17, 15) is 19.5 Å². The minimum absolute atomic E-state index is 0.130. The van der Waals surface area contributed by atoms with Crippen molar-refractivity contribution in [2.45, 2.75) is 47.1 Å². The summed E-state index contributed by atoms with van der Waals surface area (Å²) in [6.07, 6.45) is 0.852. The smallest absolute Gasteiger partial charge is 0.301 e. The molecular formula is C32H34N2O8S. The first-order chi connectivity index (χ1) is 20.6. The van der Waals surface area contributed by atoms with Crippen molar-refractivity contribution in [2.24, 2.45) is 5.92 Å². The van der Waals surface area contributed by atoms with Gasteiger partial charge in [0, 0.05) is 12.5 Å². The lowest BCUT2D eigenvalue weighted by Crippen LogP contribution is -2.29. The van der Waals surface area contributed by atoms with Crippen molar-refractivity contribution < 1.29 is 38.4 Å². The summed E-state index contributed by atoms with van der Waals surface area (Å²) in [4.78, 5) is 45.7. The van der Waals surface area contributed by atoms with Gasteiger partial charge >= 0.3 is 5.91 Å². The number of nitrogens with zero attached hydrogens (tertiary/aromatic N) is 2. The zero-order valence-corrected chi connectivity index (χ0v) is 25.6. The van der Waals surface area contributed by atoms with E-state index in [0.717, 1.165) is 17.8 Å². The normalized spacial score (nSPS) is 17.4. The predicted octanol–water partition coefficient (Wildman–Crippen LogP) is 5.88. The Bertz CT molecular complexity index is 1610. The number of carbonyl (C=O) groups excluding carboxylic acids is 3. The van der Waals surface area contributed by atoms with Crippen LogP contribution >= 0.6 is 11.3 Å². The van der Waals surface area contributed by atoms with Crippen LogP contribution in [0.15, 0.2) is 42.0 Å². The zero-order chi connectivity index (χ0) is 30.8. The number of carbonyl (C=O) groups is 3. The van der Waals surface area contributed by atoms with Gasteiger partial charge in [-0.05, 0) is 62.1 Å². The van der Waals surface area contributed by atoms with E-state index in [1.807, 2.05) is 6.92 Å². The Hall–Kier alpha value is -4.38. The fourth-order valence-electron chi connectivity index (χ4n) is 4.99. The molecule has 43 heavy (non-hydrogen) atoms. The van der Waals surface area contributed by atoms with Gasteiger partial charge < -0.3 is 24.1 Å². The van der Waals surface area contributed by atoms with E-state index in [1.165, 1.54) is 11.8 Å². The van der Waals surface area contributed by atoms with Crippen LogP contribution in [0.25, 0.3) is 5.76 Å². The van der Waals surface area contributed by atoms with Gasteiger partial charge in [-0.15, -0.1) is 0 Å². The minimum atomic E-state index is -1.07. The molecule has 2 aromatic carbocycles. The molecule has 1 unspecified atom stereocenters. The van der Waals surface area contributed by atoms with Crippen LogP contribution < -0.4 is 23.8 Å². The molecule has 11 heteroatoms. The third kappa shape index (κ3) is 5.94. The number of hydrogen-bond acceptors (Lipinski definition) is 10. The van der Waals surface area contributed by atoms with Gasteiger partial charge in [-0.25, -0.2) is 4.98 Å². The third-order valence-corrected chi connectivity index (χ3v) is 8.36. The van der Waals surface area contributed by atoms with Crippen LogP contribution in [-0.2, 0) is 9.59 Å². The fraction of sp³-hybridized carbons (Fsp3) is 0.375. The number of ether oxygens (including phenoxy) is 4.